The van der Waals surface area contributed by atoms with E-state index in [0.29, 0.717) is 40.6 Å². The summed E-state index contributed by atoms with van der Waals surface area (Å²) in [5, 5.41) is 17.5. The van der Waals surface area contributed by atoms with Crippen LogP contribution in [0, 0.1) is 24.6 Å². The van der Waals surface area contributed by atoms with Crippen molar-refractivity contribution in [1.82, 2.24) is 30.1 Å². The Balaban J connectivity index is 1.24. The summed E-state index contributed by atoms with van der Waals surface area (Å²) in [4.78, 5) is 29.6. The van der Waals surface area contributed by atoms with Gasteiger partial charge in [0.05, 0.1) is 11.8 Å². The van der Waals surface area contributed by atoms with Gasteiger partial charge in [-0.15, -0.1) is 0 Å². The van der Waals surface area contributed by atoms with Crippen LogP contribution < -0.4 is 10.6 Å². The molecule has 0 radical (unpaired) electrons. The molecule has 0 saturated carbocycles. The van der Waals surface area contributed by atoms with Crippen LogP contribution in [0.25, 0.3) is 33.5 Å². The summed E-state index contributed by atoms with van der Waals surface area (Å²) < 4.78 is 15.0. The molecule has 2 aliphatic heterocycles. The number of urea groups is 1. The van der Waals surface area contributed by atoms with Crippen molar-refractivity contribution in [3.63, 3.8) is 0 Å². The Morgan fingerprint density at radius 3 is 2.63 bits per heavy atom. The van der Waals surface area contributed by atoms with E-state index in [9.17, 15) is 9.90 Å². The smallest absolute Gasteiger partial charge is 0.321 e. The number of amides is 2. The zero-order chi connectivity index (χ0) is 30.1. The molecule has 2 fully saturated rings. The third-order valence-corrected chi connectivity index (χ3v) is 8.64. The number of carbonyl (C=O) groups excluding carboxylic acids is 1. The van der Waals surface area contributed by atoms with Crippen molar-refractivity contribution in [2.75, 3.05) is 44.6 Å². The van der Waals surface area contributed by atoms with Crippen LogP contribution in [-0.2, 0) is 6.54 Å². The number of aliphatic hydroxyl groups excluding tert-OH is 1. The molecule has 2 amide bonds. The molecule has 2 aromatic heterocycles. The van der Waals surface area contributed by atoms with E-state index in [-0.39, 0.29) is 18.5 Å². The second kappa shape index (κ2) is 12.4. The van der Waals surface area contributed by atoms with Crippen LogP contribution in [0.2, 0.25) is 0 Å². The van der Waals surface area contributed by atoms with Gasteiger partial charge >= 0.3 is 6.03 Å². The fourth-order valence-electron chi connectivity index (χ4n) is 6.33. The number of aromatic amines is 1. The van der Waals surface area contributed by atoms with Gasteiger partial charge in [0.15, 0.2) is 0 Å². The summed E-state index contributed by atoms with van der Waals surface area (Å²) in [5.41, 5.74) is 6.10. The van der Waals surface area contributed by atoms with Crippen LogP contribution in [0.4, 0.5) is 14.9 Å². The fraction of sp³-hybridized carbons (Fsp3) is 0.424. The van der Waals surface area contributed by atoms with E-state index < -0.39 is 11.9 Å². The normalized spacial score (nSPS) is 19.4. The highest BCUT2D eigenvalue weighted by Gasteiger charge is 2.34. The highest BCUT2D eigenvalue weighted by molar-refractivity contribution is 5.97. The fourth-order valence-corrected chi connectivity index (χ4v) is 6.33. The van der Waals surface area contributed by atoms with Gasteiger partial charge in [-0.3, -0.25) is 4.90 Å². The molecule has 226 valence electrons. The number of fused-ring (bicyclic) bond motifs is 1. The molecular weight excluding hydrogens is 545 g/mol. The maximum atomic E-state index is 15.0. The topological polar surface area (TPSA) is 109 Å². The van der Waals surface area contributed by atoms with Crippen molar-refractivity contribution in [2.45, 2.75) is 39.8 Å². The van der Waals surface area contributed by atoms with Crippen LogP contribution in [0.5, 0.6) is 0 Å². The lowest BCUT2D eigenvalue weighted by Gasteiger charge is -2.27. The number of nitrogens with one attached hydrogen (secondary N) is 3. The number of aliphatic hydroxyl groups is 1. The molecule has 2 atom stereocenters. The van der Waals surface area contributed by atoms with Crippen molar-refractivity contribution < 1.29 is 14.3 Å². The van der Waals surface area contributed by atoms with Gasteiger partial charge in [0, 0.05) is 74.1 Å². The molecule has 0 unspecified atom stereocenters. The zero-order valence-corrected chi connectivity index (χ0v) is 25.0. The maximum absolute atomic E-state index is 15.0. The van der Waals surface area contributed by atoms with E-state index in [1.807, 2.05) is 13.0 Å². The van der Waals surface area contributed by atoms with Crippen LogP contribution >= 0.6 is 0 Å². The number of carbonyl (C=O) groups is 1. The molecule has 4 aromatic rings. The van der Waals surface area contributed by atoms with Crippen LogP contribution in [-0.4, -0.2) is 81.3 Å². The molecule has 0 aliphatic carbocycles. The number of nitrogens with zero attached hydrogens (tertiary/aromatic N) is 4. The van der Waals surface area contributed by atoms with Gasteiger partial charge in [0.2, 0.25) is 0 Å². The van der Waals surface area contributed by atoms with Crippen molar-refractivity contribution in [1.29, 1.82) is 0 Å². The van der Waals surface area contributed by atoms with Crippen molar-refractivity contribution in [3.8, 4) is 22.5 Å². The number of likely N-dealkylation sites (tertiary alicyclic amines) is 1. The summed E-state index contributed by atoms with van der Waals surface area (Å²) in [6.07, 6.45) is 1.76. The summed E-state index contributed by atoms with van der Waals surface area (Å²) in [5.74, 6) is -0.0100. The minimum absolute atomic E-state index is 0.0374. The number of halogens is 1. The highest BCUT2D eigenvalue weighted by atomic mass is 19.1. The predicted octanol–water partition coefficient (Wildman–Crippen LogP) is 5.02. The third-order valence-electron chi connectivity index (χ3n) is 8.64. The van der Waals surface area contributed by atoms with Gasteiger partial charge < -0.3 is 25.6 Å². The molecule has 2 aliphatic rings. The second-order valence-electron chi connectivity index (χ2n) is 12.3. The van der Waals surface area contributed by atoms with Gasteiger partial charge in [-0.25, -0.2) is 19.2 Å². The lowest BCUT2D eigenvalue weighted by atomic mass is 9.95. The number of anilines is 1. The Morgan fingerprint density at radius 1 is 1.12 bits per heavy atom. The average molecular weight is 586 g/mol. The van der Waals surface area contributed by atoms with Crippen LogP contribution in [0.15, 0.2) is 48.8 Å². The Hall–Kier alpha value is -3.86. The average Bonchev–Trinajstić information content (AvgIpc) is 3.59. The van der Waals surface area contributed by atoms with Crippen molar-refractivity contribution in [2.24, 2.45) is 11.8 Å². The number of hydrogen-bond acceptors (Lipinski definition) is 6. The Kier molecular flexibility index (Phi) is 8.43. The molecule has 4 N–H and O–H groups in total. The van der Waals surface area contributed by atoms with Gasteiger partial charge in [0.1, 0.15) is 17.8 Å². The second-order valence-corrected chi connectivity index (χ2v) is 12.3. The number of hydrogen-bond donors (Lipinski definition) is 4. The lowest BCUT2D eigenvalue weighted by Crippen LogP contribution is -2.42. The molecule has 0 bridgehead atoms. The number of H-pyrrole nitrogens is 1. The number of β-amino-alcohol motifs (C(OH)–C–C–N with tert-alkyl or cyclic N) is 1. The molecular formula is C33H40FN7O2. The maximum Gasteiger partial charge on any atom is 0.321 e. The molecule has 2 aromatic carbocycles. The lowest BCUT2D eigenvalue weighted by molar-refractivity contribution is 0.132. The van der Waals surface area contributed by atoms with Gasteiger partial charge in [-0.05, 0) is 54.2 Å². The Labute approximate surface area is 251 Å². The largest absolute Gasteiger partial charge is 0.391 e. The van der Waals surface area contributed by atoms with Gasteiger partial charge in [-0.2, -0.15) is 0 Å². The molecule has 4 heterocycles. The predicted molar refractivity (Wildman–Crippen MR) is 167 cm³/mol. The summed E-state index contributed by atoms with van der Waals surface area (Å²) in [6.45, 7) is 11.9. The van der Waals surface area contributed by atoms with E-state index in [1.165, 1.54) is 24.0 Å². The van der Waals surface area contributed by atoms with Gasteiger partial charge in [0.25, 0.3) is 0 Å². The molecule has 43 heavy (non-hydrogen) atoms. The van der Waals surface area contributed by atoms with Crippen LogP contribution in [0.1, 0.15) is 31.4 Å². The third kappa shape index (κ3) is 6.41. The first-order valence-corrected chi connectivity index (χ1v) is 15.2. The molecule has 0 spiro atoms. The van der Waals surface area contributed by atoms with Crippen molar-refractivity contribution >= 4 is 22.8 Å². The minimum atomic E-state index is -0.558. The SMILES string of the molecule is Cc1c(NC(=O)N2C[C@H](CC(C)C)[C@@H](O)C2)cc(F)cc1-c1ncnc2[nH]c(-c3ccc(CN4CCNCC4)cc3)cc12. The first kappa shape index (κ1) is 29.2. The van der Waals surface area contributed by atoms with E-state index in [4.69, 9.17) is 0 Å². The number of aromatic nitrogens is 3. The van der Waals surface area contributed by atoms with Crippen molar-refractivity contribution in [3.05, 3.63) is 65.7 Å². The summed E-state index contributed by atoms with van der Waals surface area (Å²) in [6, 6.07) is 13.0. The van der Waals surface area contributed by atoms with E-state index in [2.05, 4.69) is 68.6 Å². The minimum Gasteiger partial charge on any atom is -0.391 e. The van der Waals surface area contributed by atoms with E-state index >= 15 is 4.39 Å². The van der Waals surface area contributed by atoms with E-state index in [1.54, 1.807) is 4.90 Å². The number of benzene rings is 2. The monoisotopic (exact) mass is 585 g/mol. The first-order valence-electron chi connectivity index (χ1n) is 15.2. The quantitative estimate of drug-likeness (QED) is 0.243. The Morgan fingerprint density at radius 2 is 1.88 bits per heavy atom. The Bertz CT molecular complexity index is 1600. The molecule has 10 heteroatoms. The summed E-state index contributed by atoms with van der Waals surface area (Å²) in [7, 11) is 0. The standard InChI is InChI=1S/C33H40FN7O2/c1-20(2)12-24-17-41(18-30(24)42)33(43)39-28-14-25(34)13-26(21(28)3)31-27-15-29(38-32(27)37-19-36-31)23-6-4-22(5-7-23)16-40-10-8-35-9-11-40/h4-7,13-15,19-20,24,30,35,42H,8-12,16-18H2,1-3H3,(H,39,43)(H,36,37,38)/t24-,30-/m0/s1. The first-order chi connectivity index (χ1) is 20.7. The van der Waals surface area contributed by atoms with Gasteiger partial charge in [-0.1, -0.05) is 38.1 Å². The number of rotatable bonds is 7. The molecule has 9 nitrogen and oxygen atoms in total. The summed E-state index contributed by atoms with van der Waals surface area (Å²) >= 11 is 0. The molecule has 2 saturated heterocycles. The zero-order valence-electron chi connectivity index (χ0n) is 25.0. The van der Waals surface area contributed by atoms with Crippen LogP contribution in [0.3, 0.4) is 0 Å². The molecule has 6 rings (SSSR count). The van der Waals surface area contributed by atoms with E-state index in [0.717, 1.165) is 55.8 Å². The number of piperazine rings is 1. The highest BCUT2D eigenvalue weighted by Crippen LogP contribution is 2.35.